The molecule has 20 heavy (non-hydrogen) atoms. The lowest BCUT2D eigenvalue weighted by Gasteiger charge is -2.21. The Labute approximate surface area is 120 Å². The molecular weight excluding hydrogens is 278 g/mol. The van der Waals surface area contributed by atoms with E-state index in [1.165, 1.54) is 26.3 Å². The number of hydroxylamine groups is 2. The Hall–Kier alpha value is -1.40. The number of hydrogen-bond acceptors (Lipinski definition) is 4. The van der Waals surface area contributed by atoms with E-state index in [9.17, 15) is 13.2 Å². The van der Waals surface area contributed by atoms with E-state index in [-0.39, 0.29) is 4.90 Å². The average Bonchev–Trinajstić information content (AvgIpc) is 2.47. The van der Waals surface area contributed by atoms with Crippen LogP contribution in [-0.2, 0) is 19.5 Å². The molecule has 112 valence electrons. The smallest absolute Gasteiger partial charge is 0.264 e. The third-order valence-corrected chi connectivity index (χ3v) is 5.24. The lowest BCUT2D eigenvalue weighted by atomic mass is 10.2. The van der Waals surface area contributed by atoms with Crippen LogP contribution in [0.15, 0.2) is 35.2 Å². The summed E-state index contributed by atoms with van der Waals surface area (Å²) in [5.74, 6) is -0.537. The highest BCUT2D eigenvalue weighted by Gasteiger charge is 2.35. The molecule has 1 atom stereocenters. The number of unbranched alkanes of at least 4 members (excludes halogenated alkanes) is 1. The van der Waals surface area contributed by atoms with Gasteiger partial charge in [0.1, 0.15) is 5.25 Å². The van der Waals surface area contributed by atoms with Crippen molar-refractivity contribution in [3.8, 4) is 0 Å². The van der Waals surface area contributed by atoms with Crippen LogP contribution < -0.4 is 0 Å². The standard InChI is InChI=1S/C14H21NO4S/c1-4-5-11-13(14(16)15(2)19-3)20(17,18)12-9-7-6-8-10-12/h6-10,13H,4-5,11H2,1-3H3. The van der Waals surface area contributed by atoms with Gasteiger partial charge in [-0.15, -0.1) is 0 Å². The summed E-state index contributed by atoms with van der Waals surface area (Å²) in [5, 5.41) is -0.129. The predicted octanol–water partition coefficient (Wildman–Crippen LogP) is 2.04. The molecule has 1 aromatic rings. The monoisotopic (exact) mass is 299 g/mol. The van der Waals surface area contributed by atoms with Gasteiger partial charge >= 0.3 is 0 Å². The summed E-state index contributed by atoms with van der Waals surface area (Å²) < 4.78 is 25.2. The van der Waals surface area contributed by atoms with Crippen molar-refractivity contribution < 1.29 is 18.0 Å². The van der Waals surface area contributed by atoms with Gasteiger partial charge in [0.15, 0.2) is 9.84 Å². The summed E-state index contributed by atoms with van der Waals surface area (Å²) in [5.41, 5.74) is 0. The molecule has 0 aliphatic rings. The Kier molecular flexibility index (Phi) is 6.16. The summed E-state index contributed by atoms with van der Waals surface area (Å²) in [6, 6.07) is 8.05. The van der Waals surface area contributed by atoms with Crippen LogP contribution in [0.1, 0.15) is 26.2 Å². The number of carbonyl (C=O) groups excluding carboxylic acids is 1. The maximum atomic E-state index is 12.6. The first-order valence-corrected chi connectivity index (χ1v) is 8.10. The third kappa shape index (κ3) is 3.80. The maximum Gasteiger partial charge on any atom is 0.264 e. The van der Waals surface area contributed by atoms with Crippen molar-refractivity contribution in [2.45, 2.75) is 36.3 Å². The molecule has 1 rings (SSSR count). The summed E-state index contributed by atoms with van der Waals surface area (Å²) >= 11 is 0. The first kappa shape index (κ1) is 16.7. The van der Waals surface area contributed by atoms with Crippen LogP contribution in [0.5, 0.6) is 0 Å². The number of rotatable bonds is 7. The van der Waals surface area contributed by atoms with E-state index >= 15 is 0 Å². The molecule has 0 aromatic heterocycles. The Morgan fingerprint density at radius 1 is 1.30 bits per heavy atom. The molecule has 1 unspecified atom stereocenters. The normalized spacial score (nSPS) is 12.9. The minimum atomic E-state index is -3.70. The lowest BCUT2D eigenvalue weighted by molar-refractivity contribution is -0.168. The van der Waals surface area contributed by atoms with Crippen LogP contribution in [0, 0.1) is 0 Å². The topological polar surface area (TPSA) is 63.7 Å². The maximum absolute atomic E-state index is 12.6. The highest BCUT2D eigenvalue weighted by Crippen LogP contribution is 2.21. The van der Waals surface area contributed by atoms with Gasteiger partial charge in [0.2, 0.25) is 0 Å². The van der Waals surface area contributed by atoms with Crippen molar-refractivity contribution in [1.29, 1.82) is 0 Å². The highest BCUT2D eigenvalue weighted by molar-refractivity contribution is 7.92. The van der Waals surface area contributed by atoms with E-state index in [1.54, 1.807) is 18.2 Å². The summed E-state index contributed by atoms with van der Waals surface area (Å²) in [6.07, 6.45) is 1.78. The second kappa shape index (κ2) is 7.40. The molecule has 1 aromatic carbocycles. The van der Waals surface area contributed by atoms with Gasteiger partial charge in [0.25, 0.3) is 5.91 Å². The fraction of sp³-hybridized carbons (Fsp3) is 0.500. The highest BCUT2D eigenvalue weighted by atomic mass is 32.2. The van der Waals surface area contributed by atoms with E-state index in [0.29, 0.717) is 12.8 Å². The van der Waals surface area contributed by atoms with Gasteiger partial charge in [-0.3, -0.25) is 9.63 Å². The molecule has 0 radical (unpaired) electrons. The van der Waals surface area contributed by atoms with E-state index in [4.69, 9.17) is 4.84 Å². The summed E-state index contributed by atoms with van der Waals surface area (Å²) in [7, 11) is -0.943. The Morgan fingerprint density at radius 2 is 1.90 bits per heavy atom. The first-order valence-electron chi connectivity index (χ1n) is 6.55. The molecule has 0 fully saturated rings. The first-order chi connectivity index (χ1) is 9.45. The van der Waals surface area contributed by atoms with Gasteiger partial charge in [0.05, 0.1) is 12.0 Å². The molecule has 1 amide bonds. The second-order valence-electron chi connectivity index (χ2n) is 4.51. The fourth-order valence-electron chi connectivity index (χ4n) is 1.87. The Bertz CT molecular complexity index is 527. The van der Waals surface area contributed by atoms with Crippen molar-refractivity contribution >= 4 is 15.7 Å². The zero-order chi connectivity index (χ0) is 15.2. The minimum absolute atomic E-state index is 0.166. The number of amides is 1. The van der Waals surface area contributed by atoms with Crippen LogP contribution in [0.25, 0.3) is 0 Å². The molecule has 0 saturated carbocycles. The number of nitrogens with zero attached hydrogens (tertiary/aromatic N) is 1. The Balaban J connectivity index is 3.13. The molecule has 0 aliphatic carbocycles. The van der Waals surface area contributed by atoms with Gasteiger partial charge in [-0.1, -0.05) is 38.0 Å². The van der Waals surface area contributed by atoms with Gasteiger partial charge in [-0.2, -0.15) is 0 Å². The van der Waals surface area contributed by atoms with Crippen molar-refractivity contribution in [1.82, 2.24) is 5.06 Å². The van der Waals surface area contributed by atoms with Crippen LogP contribution in [-0.4, -0.2) is 38.8 Å². The van der Waals surface area contributed by atoms with Gasteiger partial charge in [-0.25, -0.2) is 13.5 Å². The predicted molar refractivity (Wildman–Crippen MR) is 76.7 cm³/mol. The van der Waals surface area contributed by atoms with E-state index in [1.807, 2.05) is 6.92 Å². The number of sulfone groups is 1. The zero-order valence-corrected chi connectivity index (χ0v) is 12.9. The molecule has 0 aliphatic heterocycles. The quantitative estimate of drug-likeness (QED) is 0.723. The molecule has 5 nitrogen and oxygen atoms in total. The van der Waals surface area contributed by atoms with Crippen LogP contribution in [0.4, 0.5) is 0 Å². The van der Waals surface area contributed by atoms with Gasteiger partial charge in [0, 0.05) is 7.05 Å². The lowest BCUT2D eigenvalue weighted by Crippen LogP contribution is -2.40. The van der Waals surface area contributed by atoms with Crippen molar-refractivity contribution in [2.24, 2.45) is 0 Å². The number of carbonyl (C=O) groups is 1. The molecule has 6 heteroatoms. The minimum Gasteiger partial charge on any atom is -0.275 e. The molecule has 0 spiro atoms. The van der Waals surface area contributed by atoms with Crippen molar-refractivity contribution in [3.63, 3.8) is 0 Å². The molecule has 0 saturated heterocycles. The molecular formula is C14H21NO4S. The van der Waals surface area contributed by atoms with Crippen molar-refractivity contribution in [3.05, 3.63) is 30.3 Å². The van der Waals surface area contributed by atoms with Crippen LogP contribution in [0.3, 0.4) is 0 Å². The van der Waals surface area contributed by atoms with E-state index in [0.717, 1.165) is 11.5 Å². The largest absolute Gasteiger partial charge is 0.275 e. The Morgan fingerprint density at radius 3 is 2.40 bits per heavy atom. The zero-order valence-electron chi connectivity index (χ0n) is 12.1. The van der Waals surface area contributed by atoms with E-state index in [2.05, 4.69) is 0 Å². The molecule has 0 bridgehead atoms. The third-order valence-electron chi connectivity index (χ3n) is 3.13. The van der Waals surface area contributed by atoms with Gasteiger partial charge in [-0.05, 0) is 18.6 Å². The van der Waals surface area contributed by atoms with Crippen molar-refractivity contribution in [2.75, 3.05) is 14.2 Å². The fourth-order valence-corrected chi connectivity index (χ4v) is 3.62. The molecule has 0 heterocycles. The van der Waals surface area contributed by atoms with Crippen LogP contribution >= 0.6 is 0 Å². The number of hydrogen-bond donors (Lipinski definition) is 0. The average molecular weight is 299 g/mol. The summed E-state index contributed by atoms with van der Waals surface area (Å²) in [4.78, 5) is 17.2. The van der Waals surface area contributed by atoms with E-state index < -0.39 is 21.0 Å². The number of benzene rings is 1. The SMILES string of the molecule is CCCCC(C(=O)N(C)OC)S(=O)(=O)c1ccccc1. The van der Waals surface area contributed by atoms with Gasteiger partial charge < -0.3 is 0 Å². The second-order valence-corrected chi connectivity index (χ2v) is 6.64. The molecule has 0 N–H and O–H groups in total. The summed E-state index contributed by atoms with van der Waals surface area (Å²) in [6.45, 7) is 1.96. The van der Waals surface area contributed by atoms with Crippen LogP contribution in [0.2, 0.25) is 0 Å².